The van der Waals surface area contributed by atoms with Crippen LogP contribution in [0.25, 0.3) is 0 Å². The van der Waals surface area contributed by atoms with Crippen LogP contribution < -0.4 is 10.5 Å². The van der Waals surface area contributed by atoms with Crippen LogP contribution in [0.1, 0.15) is 25.3 Å². The van der Waals surface area contributed by atoms with Crippen LogP contribution in [-0.2, 0) is 14.8 Å². The summed E-state index contributed by atoms with van der Waals surface area (Å²) in [5.41, 5.74) is 6.89. The molecule has 0 bridgehead atoms. The van der Waals surface area contributed by atoms with Crippen molar-refractivity contribution in [1.29, 1.82) is 0 Å². The number of rotatable bonds is 4. The largest absolute Gasteiger partial charge is 0.398 e. The van der Waals surface area contributed by atoms with Crippen molar-refractivity contribution >= 4 is 31.6 Å². The molecule has 118 valence electrons. The predicted molar refractivity (Wildman–Crippen MR) is 86.6 cm³/mol. The van der Waals surface area contributed by atoms with Gasteiger partial charge in [-0.15, -0.1) is 0 Å². The molecule has 0 spiro atoms. The lowest BCUT2D eigenvalue weighted by molar-refractivity contribution is 0.0585. The number of halogens is 1. The normalized spacial score (nSPS) is 18.6. The van der Waals surface area contributed by atoms with Gasteiger partial charge in [-0.1, -0.05) is 15.9 Å². The summed E-state index contributed by atoms with van der Waals surface area (Å²) in [6, 6.07) is 3.17. The highest BCUT2D eigenvalue weighted by Crippen LogP contribution is 2.27. The van der Waals surface area contributed by atoms with Gasteiger partial charge in [0.05, 0.1) is 4.90 Å². The van der Waals surface area contributed by atoms with E-state index in [1.807, 2.05) is 6.92 Å². The number of nitrogens with one attached hydrogen (secondary N) is 1. The number of nitrogens with two attached hydrogens (primary N) is 1. The van der Waals surface area contributed by atoms with Gasteiger partial charge in [0.15, 0.2) is 0 Å². The summed E-state index contributed by atoms with van der Waals surface area (Å²) in [5.74, 6) is 0.304. The molecule has 1 unspecified atom stereocenters. The van der Waals surface area contributed by atoms with E-state index in [0.29, 0.717) is 34.9 Å². The number of benzene rings is 1. The maximum absolute atomic E-state index is 12.6. The second-order valence-electron chi connectivity index (χ2n) is 5.48. The van der Waals surface area contributed by atoms with Crippen LogP contribution in [0.3, 0.4) is 0 Å². The zero-order chi connectivity index (χ0) is 15.6. The molecule has 1 aliphatic rings. The highest BCUT2D eigenvalue weighted by molar-refractivity contribution is 9.10. The summed E-state index contributed by atoms with van der Waals surface area (Å²) in [6.07, 6.45) is 1.76. The lowest BCUT2D eigenvalue weighted by Gasteiger charge is -2.28. The Balaban J connectivity index is 2.22. The van der Waals surface area contributed by atoms with Crippen molar-refractivity contribution in [3.8, 4) is 0 Å². The highest BCUT2D eigenvalue weighted by Gasteiger charge is 2.27. The number of sulfonamides is 1. The Morgan fingerprint density at radius 2 is 2.00 bits per heavy atom. The van der Waals surface area contributed by atoms with Crippen LogP contribution in [0.15, 0.2) is 21.5 Å². The Hall–Kier alpha value is -0.630. The fourth-order valence-corrected chi connectivity index (χ4v) is 4.81. The number of hydrogen-bond donors (Lipinski definition) is 2. The quantitative estimate of drug-likeness (QED) is 0.790. The molecule has 0 aliphatic carbocycles. The van der Waals surface area contributed by atoms with Gasteiger partial charge in [0.25, 0.3) is 0 Å². The van der Waals surface area contributed by atoms with E-state index in [-0.39, 0.29) is 10.9 Å². The molecule has 1 aliphatic heterocycles. The maximum Gasteiger partial charge on any atom is 0.241 e. The molecular formula is C14H21BrN2O3S. The Bertz CT molecular complexity index is 613. The number of nitrogen functional groups attached to an aromatic ring is 1. The van der Waals surface area contributed by atoms with Crippen molar-refractivity contribution in [3.05, 3.63) is 22.2 Å². The zero-order valence-corrected chi connectivity index (χ0v) is 14.6. The fraction of sp³-hybridized carbons (Fsp3) is 0.571. The third-order valence-electron chi connectivity index (χ3n) is 3.97. The van der Waals surface area contributed by atoms with Crippen LogP contribution in [0.2, 0.25) is 0 Å². The molecule has 0 radical (unpaired) electrons. The first-order chi connectivity index (χ1) is 9.81. The Kier molecular flexibility index (Phi) is 5.29. The van der Waals surface area contributed by atoms with Crippen LogP contribution in [-0.4, -0.2) is 27.7 Å². The van der Waals surface area contributed by atoms with E-state index in [1.54, 1.807) is 19.1 Å². The van der Waals surface area contributed by atoms with Gasteiger partial charge >= 0.3 is 0 Å². The third-order valence-corrected chi connectivity index (χ3v) is 6.11. The lowest BCUT2D eigenvalue weighted by atomic mass is 9.94. The number of hydrogen-bond acceptors (Lipinski definition) is 4. The van der Waals surface area contributed by atoms with E-state index < -0.39 is 10.0 Å². The molecule has 1 atom stereocenters. The molecule has 5 nitrogen and oxygen atoms in total. The highest BCUT2D eigenvalue weighted by atomic mass is 79.9. The van der Waals surface area contributed by atoms with Gasteiger partial charge in [-0.3, -0.25) is 0 Å². The molecule has 1 fully saturated rings. The topological polar surface area (TPSA) is 81.4 Å². The average Bonchev–Trinajstić information content (AvgIpc) is 2.43. The van der Waals surface area contributed by atoms with E-state index >= 15 is 0 Å². The number of anilines is 1. The van der Waals surface area contributed by atoms with Crippen molar-refractivity contribution in [3.63, 3.8) is 0 Å². The van der Waals surface area contributed by atoms with Crippen LogP contribution in [0, 0.1) is 12.8 Å². The van der Waals surface area contributed by atoms with E-state index in [2.05, 4.69) is 20.7 Å². The molecule has 1 aromatic rings. The van der Waals surface area contributed by atoms with Crippen LogP contribution >= 0.6 is 15.9 Å². The fourth-order valence-electron chi connectivity index (χ4n) is 2.57. The predicted octanol–water partition coefficient (Wildman–Crippen LogP) is 2.43. The first-order valence-electron chi connectivity index (χ1n) is 6.97. The number of ether oxygens (including phenoxy) is 1. The van der Waals surface area contributed by atoms with Crippen molar-refractivity contribution in [2.75, 3.05) is 18.9 Å². The Morgan fingerprint density at radius 1 is 1.38 bits per heavy atom. The lowest BCUT2D eigenvalue weighted by Crippen LogP contribution is -2.40. The van der Waals surface area contributed by atoms with Gasteiger partial charge in [-0.05, 0) is 50.3 Å². The molecular weight excluding hydrogens is 356 g/mol. The molecule has 1 saturated heterocycles. The minimum atomic E-state index is -3.59. The molecule has 0 aromatic heterocycles. The SMILES string of the molecule is Cc1c(N)cc(Br)cc1S(=O)(=O)NC(C)C1CCOCC1. The van der Waals surface area contributed by atoms with Crippen LogP contribution in [0.4, 0.5) is 5.69 Å². The van der Waals surface area contributed by atoms with Gasteiger partial charge in [-0.25, -0.2) is 13.1 Å². The molecule has 1 heterocycles. The monoisotopic (exact) mass is 376 g/mol. The molecule has 0 amide bonds. The Morgan fingerprint density at radius 3 is 2.62 bits per heavy atom. The molecule has 7 heteroatoms. The van der Waals surface area contributed by atoms with Crippen molar-refractivity contribution in [1.82, 2.24) is 4.72 Å². The minimum absolute atomic E-state index is 0.126. The summed E-state index contributed by atoms with van der Waals surface area (Å²) in [7, 11) is -3.59. The summed E-state index contributed by atoms with van der Waals surface area (Å²) in [4.78, 5) is 0.230. The Labute approximate surface area is 134 Å². The van der Waals surface area contributed by atoms with Crippen molar-refractivity contribution in [2.24, 2.45) is 5.92 Å². The average molecular weight is 377 g/mol. The molecule has 3 N–H and O–H groups in total. The minimum Gasteiger partial charge on any atom is -0.398 e. The van der Waals surface area contributed by atoms with E-state index in [0.717, 1.165) is 12.8 Å². The standard InChI is InChI=1S/C14H21BrN2O3S/c1-9-13(16)7-12(15)8-14(9)21(18,19)17-10(2)11-3-5-20-6-4-11/h7-8,10-11,17H,3-6,16H2,1-2H3. The second kappa shape index (κ2) is 6.64. The van der Waals surface area contributed by atoms with Crippen molar-refractivity contribution in [2.45, 2.75) is 37.6 Å². The molecule has 0 saturated carbocycles. The molecule has 2 rings (SSSR count). The van der Waals surface area contributed by atoms with E-state index in [1.165, 1.54) is 0 Å². The second-order valence-corrected chi connectivity index (χ2v) is 8.08. The molecule has 1 aromatic carbocycles. The van der Waals surface area contributed by atoms with Crippen LogP contribution in [0.5, 0.6) is 0 Å². The van der Waals surface area contributed by atoms with E-state index in [4.69, 9.17) is 10.5 Å². The third kappa shape index (κ3) is 3.97. The smallest absolute Gasteiger partial charge is 0.241 e. The molecule has 21 heavy (non-hydrogen) atoms. The maximum atomic E-state index is 12.6. The first kappa shape index (κ1) is 16.7. The summed E-state index contributed by atoms with van der Waals surface area (Å²) in [6.45, 7) is 5.01. The van der Waals surface area contributed by atoms with E-state index in [9.17, 15) is 8.42 Å². The summed E-state index contributed by atoms with van der Waals surface area (Å²) in [5, 5.41) is 0. The zero-order valence-electron chi connectivity index (χ0n) is 12.2. The van der Waals surface area contributed by atoms with Gasteiger partial charge in [0.2, 0.25) is 10.0 Å². The van der Waals surface area contributed by atoms with Crippen molar-refractivity contribution < 1.29 is 13.2 Å². The first-order valence-corrected chi connectivity index (χ1v) is 9.24. The van der Waals surface area contributed by atoms with Gasteiger partial charge in [-0.2, -0.15) is 0 Å². The van der Waals surface area contributed by atoms with Gasteiger partial charge in [0.1, 0.15) is 0 Å². The van der Waals surface area contributed by atoms with Gasteiger partial charge in [0, 0.05) is 29.4 Å². The summed E-state index contributed by atoms with van der Waals surface area (Å²) >= 11 is 3.29. The summed E-state index contributed by atoms with van der Waals surface area (Å²) < 4.78 is 33.9. The van der Waals surface area contributed by atoms with Gasteiger partial charge < -0.3 is 10.5 Å².